The second kappa shape index (κ2) is 6.51. The van der Waals surface area contributed by atoms with E-state index in [0.717, 1.165) is 18.8 Å². The lowest BCUT2D eigenvalue weighted by atomic mass is 10.1. The summed E-state index contributed by atoms with van der Waals surface area (Å²) in [7, 11) is 5.86. The van der Waals surface area contributed by atoms with Crippen molar-refractivity contribution in [2.24, 2.45) is 0 Å². The molecule has 1 aromatic carbocycles. The van der Waals surface area contributed by atoms with E-state index in [4.69, 9.17) is 4.74 Å². The number of likely N-dealkylation sites (N-methyl/N-ethyl adjacent to an activating group) is 1. The Balaban J connectivity index is 2.48. The first kappa shape index (κ1) is 13.0. The van der Waals surface area contributed by atoms with Crippen molar-refractivity contribution in [3.63, 3.8) is 0 Å². The van der Waals surface area contributed by atoms with E-state index in [1.165, 1.54) is 5.56 Å². The number of methoxy groups -OCH3 is 1. The number of hydrogen-bond acceptors (Lipinski definition) is 3. The molecule has 0 aromatic heterocycles. The predicted molar refractivity (Wildman–Crippen MR) is 68.0 cm³/mol. The van der Waals surface area contributed by atoms with Crippen LogP contribution in [0.5, 0.6) is 5.75 Å². The van der Waals surface area contributed by atoms with Crippen molar-refractivity contribution in [3.05, 3.63) is 29.8 Å². The Morgan fingerprint density at radius 1 is 1.38 bits per heavy atom. The van der Waals surface area contributed by atoms with Gasteiger partial charge in [-0.25, -0.2) is 0 Å². The zero-order valence-corrected chi connectivity index (χ0v) is 10.7. The molecule has 0 fully saturated rings. The molecule has 1 N–H and O–H groups in total. The Morgan fingerprint density at radius 3 is 2.75 bits per heavy atom. The Kier molecular flexibility index (Phi) is 5.29. The van der Waals surface area contributed by atoms with Gasteiger partial charge < -0.3 is 15.0 Å². The molecule has 0 saturated carbocycles. The van der Waals surface area contributed by atoms with Crippen LogP contribution in [0.1, 0.15) is 18.5 Å². The number of benzene rings is 1. The van der Waals surface area contributed by atoms with E-state index in [9.17, 15) is 0 Å². The van der Waals surface area contributed by atoms with E-state index >= 15 is 0 Å². The van der Waals surface area contributed by atoms with Gasteiger partial charge in [0.2, 0.25) is 0 Å². The normalized spacial score (nSPS) is 12.8. The van der Waals surface area contributed by atoms with Gasteiger partial charge in [-0.1, -0.05) is 12.1 Å². The average Bonchev–Trinajstić information content (AvgIpc) is 2.28. The van der Waals surface area contributed by atoms with Crippen LogP contribution in [0.4, 0.5) is 0 Å². The highest BCUT2D eigenvalue weighted by Gasteiger charge is 2.05. The van der Waals surface area contributed by atoms with Gasteiger partial charge in [-0.15, -0.1) is 0 Å². The number of nitrogens with zero attached hydrogens (tertiary/aromatic N) is 1. The summed E-state index contributed by atoms with van der Waals surface area (Å²) in [4.78, 5) is 2.17. The van der Waals surface area contributed by atoms with E-state index in [0.29, 0.717) is 6.04 Å². The summed E-state index contributed by atoms with van der Waals surface area (Å²) in [6.07, 6.45) is 0. The van der Waals surface area contributed by atoms with Crippen molar-refractivity contribution in [2.75, 3.05) is 34.3 Å². The summed E-state index contributed by atoms with van der Waals surface area (Å²) in [6, 6.07) is 8.55. The maximum Gasteiger partial charge on any atom is 0.119 e. The lowest BCUT2D eigenvalue weighted by Gasteiger charge is -2.17. The van der Waals surface area contributed by atoms with Gasteiger partial charge in [-0.2, -0.15) is 0 Å². The molecule has 0 heterocycles. The number of nitrogens with one attached hydrogen (secondary N) is 1. The molecule has 1 rings (SSSR count). The fourth-order valence-corrected chi connectivity index (χ4v) is 1.53. The van der Waals surface area contributed by atoms with Gasteiger partial charge >= 0.3 is 0 Å². The summed E-state index contributed by atoms with van der Waals surface area (Å²) >= 11 is 0. The summed E-state index contributed by atoms with van der Waals surface area (Å²) in [6.45, 7) is 4.21. The minimum absolute atomic E-state index is 0.357. The maximum atomic E-state index is 5.21. The summed E-state index contributed by atoms with van der Waals surface area (Å²) in [5, 5.41) is 3.48. The molecule has 0 unspecified atom stereocenters. The Morgan fingerprint density at radius 2 is 2.12 bits per heavy atom. The minimum Gasteiger partial charge on any atom is -0.497 e. The highest BCUT2D eigenvalue weighted by molar-refractivity contribution is 5.30. The fraction of sp³-hybridized carbons (Fsp3) is 0.538. The van der Waals surface area contributed by atoms with Crippen molar-refractivity contribution in [1.82, 2.24) is 10.2 Å². The predicted octanol–water partition coefficient (Wildman–Crippen LogP) is 1.91. The molecule has 0 amide bonds. The van der Waals surface area contributed by atoms with Crippen LogP contribution in [0, 0.1) is 0 Å². The van der Waals surface area contributed by atoms with Crippen molar-refractivity contribution in [2.45, 2.75) is 13.0 Å². The average molecular weight is 222 g/mol. The molecule has 0 bridgehead atoms. The monoisotopic (exact) mass is 222 g/mol. The van der Waals surface area contributed by atoms with Gasteiger partial charge in [0.15, 0.2) is 0 Å². The number of hydrogen-bond donors (Lipinski definition) is 1. The molecule has 0 radical (unpaired) electrons. The van der Waals surface area contributed by atoms with Crippen LogP contribution < -0.4 is 10.1 Å². The SMILES string of the molecule is COc1cccc([C@@H](C)NCCN(C)C)c1. The second-order valence-electron chi connectivity index (χ2n) is 4.26. The first-order chi connectivity index (χ1) is 7.63. The van der Waals surface area contributed by atoms with Gasteiger partial charge in [0.25, 0.3) is 0 Å². The third-order valence-electron chi connectivity index (χ3n) is 2.60. The van der Waals surface area contributed by atoms with Crippen molar-refractivity contribution >= 4 is 0 Å². The van der Waals surface area contributed by atoms with Gasteiger partial charge in [0, 0.05) is 19.1 Å². The third kappa shape index (κ3) is 4.21. The van der Waals surface area contributed by atoms with Crippen molar-refractivity contribution in [3.8, 4) is 5.75 Å². The third-order valence-corrected chi connectivity index (χ3v) is 2.60. The molecule has 1 aromatic rings. The standard InChI is InChI=1S/C13H22N2O/c1-11(14-8-9-15(2)3)12-6-5-7-13(10-12)16-4/h5-7,10-11,14H,8-9H2,1-4H3/t11-/m1/s1. The van der Waals surface area contributed by atoms with Crippen LogP contribution >= 0.6 is 0 Å². The van der Waals surface area contributed by atoms with Crippen molar-refractivity contribution in [1.29, 1.82) is 0 Å². The second-order valence-corrected chi connectivity index (χ2v) is 4.26. The number of ether oxygens (including phenoxy) is 1. The lowest BCUT2D eigenvalue weighted by molar-refractivity contribution is 0.388. The summed E-state index contributed by atoms with van der Waals surface area (Å²) in [5.41, 5.74) is 1.26. The molecule has 90 valence electrons. The Labute approximate surface area is 98.4 Å². The van der Waals surface area contributed by atoms with Crippen molar-refractivity contribution < 1.29 is 4.74 Å². The minimum atomic E-state index is 0.357. The molecule has 3 heteroatoms. The Hall–Kier alpha value is -1.06. The molecule has 1 atom stereocenters. The van der Waals surface area contributed by atoms with E-state index in [1.807, 2.05) is 12.1 Å². The molecule has 0 aliphatic heterocycles. The van der Waals surface area contributed by atoms with Crippen LogP contribution in [0.2, 0.25) is 0 Å². The van der Waals surface area contributed by atoms with Crippen LogP contribution in [-0.2, 0) is 0 Å². The van der Waals surface area contributed by atoms with Gasteiger partial charge in [-0.05, 0) is 38.7 Å². The molecule has 0 spiro atoms. The lowest BCUT2D eigenvalue weighted by Crippen LogP contribution is -2.28. The maximum absolute atomic E-state index is 5.21. The highest BCUT2D eigenvalue weighted by atomic mass is 16.5. The largest absolute Gasteiger partial charge is 0.497 e. The van der Waals surface area contributed by atoms with Gasteiger partial charge in [-0.3, -0.25) is 0 Å². The topological polar surface area (TPSA) is 24.5 Å². The van der Waals surface area contributed by atoms with E-state index < -0.39 is 0 Å². The molecular weight excluding hydrogens is 200 g/mol. The first-order valence-electron chi connectivity index (χ1n) is 5.65. The molecule has 0 saturated heterocycles. The first-order valence-corrected chi connectivity index (χ1v) is 5.65. The molecular formula is C13H22N2O. The fourth-order valence-electron chi connectivity index (χ4n) is 1.53. The summed E-state index contributed by atoms with van der Waals surface area (Å²) < 4.78 is 5.21. The smallest absolute Gasteiger partial charge is 0.119 e. The van der Waals surface area contributed by atoms with Crippen LogP contribution in [0.25, 0.3) is 0 Å². The van der Waals surface area contributed by atoms with Crippen LogP contribution in [-0.4, -0.2) is 39.2 Å². The quantitative estimate of drug-likeness (QED) is 0.795. The summed E-state index contributed by atoms with van der Waals surface area (Å²) in [5.74, 6) is 0.916. The van der Waals surface area contributed by atoms with E-state index in [1.54, 1.807) is 7.11 Å². The Bertz CT molecular complexity index is 313. The van der Waals surface area contributed by atoms with Gasteiger partial charge in [0.1, 0.15) is 5.75 Å². The number of rotatable bonds is 6. The van der Waals surface area contributed by atoms with Crippen LogP contribution in [0.3, 0.4) is 0 Å². The molecule has 0 aliphatic carbocycles. The molecule has 0 aliphatic rings. The molecule has 16 heavy (non-hydrogen) atoms. The zero-order valence-electron chi connectivity index (χ0n) is 10.7. The van der Waals surface area contributed by atoms with Gasteiger partial charge in [0.05, 0.1) is 7.11 Å². The highest BCUT2D eigenvalue weighted by Crippen LogP contribution is 2.18. The zero-order chi connectivity index (χ0) is 12.0. The molecule has 3 nitrogen and oxygen atoms in total. The van der Waals surface area contributed by atoms with E-state index in [2.05, 4.69) is 43.4 Å². The van der Waals surface area contributed by atoms with Crippen LogP contribution in [0.15, 0.2) is 24.3 Å². The van der Waals surface area contributed by atoms with E-state index in [-0.39, 0.29) is 0 Å².